The van der Waals surface area contributed by atoms with E-state index in [1.165, 1.54) is 12.1 Å². The van der Waals surface area contributed by atoms with Gasteiger partial charge in [0.05, 0.1) is 5.56 Å². The van der Waals surface area contributed by atoms with Crippen molar-refractivity contribution in [2.75, 3.05) is 12.0 Å². The van der Waals surface area contributed by atoms with E-state index in [0.717, 1.165) is 11.0 Å². The van der Waals surface area contributed by atoms with Gasteiger partial charge in [0.25, 0.3) is 0 Å². The number of hydrogen-bond acceptors (Lipinski definition) is 3. The summed E-state index contributed by atoms with van der Waals surface area (Å²) in [6.45, 7) is -0.159. The molecule has 2 N–H and O–H groups in total. The average Bonchev–Trinajstić information content (AvgIpc) is 2.45. The third-order valence-electron chi connectivity index (χ3n) is 2.89. The molecule has 0 saturated heterocycles. The molecule has 2 aromatic carbocycles. The summed E-state index contributed by atoms with van der Waals surface area (Å²) in [4.78, 5) is 1.06. The molecule has 0 saturated carbocycles. The molecule has 2 nitrogen and oxygen atoms in total. The molecule has 0 atom stereocenters. The quantitative estimate of drug-likeness (QED) is 0.662. The van der Waals surface area contributed by atoms with Crippen molar-refractivity contribution in [3.8, 4) is 5.75 Å². The summed E-state index contributed by atoms with van der Waals surface area (Å²) in [6.07, 6.45) is -2.50. The normalized spacial score (nSPS) is 11.4. The van der Waals surface area contributed by atoms with Gasteiger partial charge in [-0.2, -0.15) is 13.2 Å². The fourth-order valence-electron chi connectivity index (χ4n) is 1.82. The Hall–Kier alpha value is -1.82. The van der Waals surface area contributed by atoms with Crippen LogP contribution in [0.15, 0.2) is 47.4 Å². The molecule has 0 amide bonds. The minimum atomic E-state index is -4.45. The van der Waals surface area contributed by atoms with Crippen LogP contribution in [-0.2, 0) is 12.8 Å². The minimum absolute atomic E-state index is 0.0608. The molecule has 21 heavy (non-hydrogen) atoms. The number of benzene rings is 2. The number of alkyl halides is 3. The SMILES string of the molecule is CSc1ccc(OCc2ccc(N)cc2C(F)(F)F)cc1. The summed E-state index contributed by atoms with van der Waals surface area (Å²) in [5, 5.41) is 0. The van der Waals surface area contributed by atoms with Crippen molar-refractivity contribution in [3.63, 3.8) is 0 Å². The highest BCUT2D eigenvalue weighted by Crippen LogP contribution is 2.33. The predicted octanol–water partition coefficient (Wildman–Crippen LogP) is 4.59. The summed E-state index contributed by atoms with van der Waals surface area (Å²) in [7, 11) is 0. The highest BCUT2D eigenvalue weighted by atomic mass is 32.2. The van der Waals surface area contributed by atoms with Gasteiger partial charge in [0.15, 0.2) is 0 Å². The Balaban J connectivity index is 2.15. The van der Waals surface area contributed by atoms with Gasteiger partial charge in [-0.3, -0.25) is 0 Å². The minimum Gasteiger partial charge on any atom is -0.489 e. The predicted molar refractivity (Wildman–Crippen MR) is 78.4 cm³/mol. The van der Waals surface area contributed by atoms with Crippen LogP contribution in [0.4, 0.5) is 18.9 Å². The molecule has 0 aliphatic rings. The Morgan fingerprint density at radius 3 is 2.33 bits per heavy atom. The number of hydrogen-bond donors (Lipinski definition) is 1. The molecular weight excluding hydrogens is 299 g/mol. The molecule has 0 aliphatic heterocycles. The number of thioether (sulfide) groups is 1. The van der Waals surface area contributed by atoms with Crippen LogP contribution in [0.25, 0.3) is 0 Å². The number of nitrogen functional groups attached to an aromatic ring is 1. The fourth-order valence-corrected chi connectivity index (χ4v) is 2.23. The molecule has 0 heterocycles. The van der Waals surface area contributed by atoms with Crippen LogP contribution in [0.3, 0.4) is 0 Å². The number of halogens is 3. The molecule has 6 heteroatoms. The first-order chi connectivity index (χ1) is 9.90. The summed E-state index contributed by atoms with van der Waals surface area (Å²) >= 11 is 1.58. The smallest absolute Gasteiger partial charge is 0.416 e. The zero-order chi connectivity index (χ0) is 15.5. The Labute approximate surface area is 125 Å². The maximum absolute atomic E-state index is 12.9. The average molecular weight is 313 g/mol. The molecule has 2 aromatic rings. The Morgan fingerprint density at radius 2 is 1.76 bits per heavy atom. The van der Waals surface area contributed by atoms with Crippen molar-refractivity contribution in [1.29, 1.82) is 0 Å². The molecule has 112 valence electrons. The van der Waals surface area contributed by atoms with E-state index in [4.69, 9.17) is 10.5 Å². The van der Waals surface area contributed by atoms with E-state index < -0.39 is 11.7 Å². The Bertz CT molecular complexity index is 611. The molecule has 0 unspecified atom stereocenters. The van der Waals surface area contributed by atoms with Crippen molar-refractivity contribution in [2.24, 2.45) is 0 Å². The van der Waals surface area contributed by atoms with Crippen LogP contribution in [0, 0.1) is 0 Å². The summed E-state index contributed by atoms with van der Waals surface area (Å²) < 4.78 is 44.2. The Kier molecular flexibility index (Phi) is 4.67. The topological polar surface area (TPSA) is 35.2 Å². The van der Waals surface area contributed by atoms with Gasteiger partial charge in [-0.1, -0.05) is 6.07 Å². The van der Waals surface area contributed by atoms with Crippen LogP contribution in [-0.4, -0.2) is 6.26 Å². The standard InChI is InChI=1S/C15H14F3NOS/c1-21-13-6-4-12(5-7-13)20-9-10-2-3-11(19)8-14(10)15(16,17)18/h2-8H,9,19H2,1H3. The second-order valence-electron chi connectivity index (χ2n) is 4.38. The van der Waals surface area contributed by atoms with E-state index in [0.29, 0.717) is 5.75 Å². The highest BCUT2D eigenvalue weighted by molar-refractivity contribution is 7.98. The summed E-state index contributed by atoms with van der Waals surface area (Å²) in [5.74, 6) is 0.526. The number of anilines is 1. The van der Waals surface area contributed by atoms with Gasteiger partial charge in [-0.25, -0.2) is 0 Å². The fraction of sp³-hybridized carbons (Fsp3) is 0.200. The summed E-state index contributed by atoms with van der Waals surface area (Å²) in [6, 6.07) is 10.9. The van der Waals surface area contributed by atoms with E-state index in [1.807, 2.05) is 18.4 Å². The van der Waals surface area contributed by atoms with Crippen LogP contribution in [0.1, 0.15) is 11.1 Å². The highest BCUT2D eigenvalue weighted by Gasteiger charge is 2.33. The largest absolute Gasteiger partial charge is 0.489 e. The molecule has 0 fully saturated rings. The maximum Gasteiger partial charge on any atom is 0.416 e. The number of nitrogens with two attached hydrogens (primary N) is 1. The summed E-state index contributed by atoms with van der Waals surface area (Å²) in [5.41, 5.74) is 4.80. The van der Waals surface area contributed by atoms with Crippen LogP contribution >= 0.6 is 11.8 Å². The van der Waals surface area contributed by atoms with E-state index in [-0.39, 0.29) is 17.9 Å². The van der Waals surface area contributed by atoms with Gasteiger partial charge < -0.3 is 10.5 Å². The number of ether oxygens (including phenoxy) is 1. The molecule has 0 aliphatic carbocycles. The second-order valence-corrected chi connectivity index (χ2v) is 5.26. The molecule has 0 spiro atoms. The van der Waals surface area contributed by atoms with E-state index in [1.54, 1.807) is 23.9 Å². The lowest BCUT2D eigenvalue weighted by atomic mass is 10.1. The van der Waals surface area contributed by atoms with E-state index in [9.17, 15) is 13.2 Å². The van der Waals surface area contributed by atoms with Gasteiger partial charge >= 0.3 is 6.18 Å². The van der Waals surface area contributed by atoms with Crippen molar-refractivity contribution < 1.29 is 17.9 Å². The molecule has 0 aromatic heterocycles. The molecule has 0 bridgehead atoms. The second kappa shape index (κ2) is 6.30. The lowest BCUT2D eigenvalue weighted by Gasteiger charge is -2.14. The van der Waals surface area contributed by atoms with Crippen LogP contribution in [0.5, 0.6) is 5.75 Å². The van der Waals surface area contributed by atoms with Gasteiger partial charge in [0, 0.05) is 16.1 Å². The van der Waals surface area contributed by atoms with Crippen molar-refractivity contribution in [2.45, 2.75) is 17.7 Å². The van der Waals surface area contributed by atoms with Gasteiger partial charge in [0.2, 0.25) is 0 Å². The molecular formula is C15H14F3NOS. The van der Waals surface area contributed by atoms with Gasteiger partial charge in [-0.05, 0) is 42.7 Å². The van der Waals surface area contributed by atoms with Crippen molar-refractivity contribution >= 4 is 17.4 Å². The van der Waals surface area contributed by atoms with Crippen molar-refractivity contribution in [1.82, 2.24) is 0 Å². The number of rotatable bonds is 4. The van der Waals surface area contributed by atoms with E-state index in [2.05, 4.69) is 0 Å². The zero-order valence-corrected chi connectivity index (χ0v) is 12.1. The maximum atomic E-state index is 12.9. The van der Waals surface area contributed by atoms with E-state index >= 15 is 0 Å². The molecule has 2 rings (SSSR count). The van der Waals surface area contributed by atoms with Crippen LogP contribution < -0.4 is 10.5 Å². The van der Waals surface area contributed by atoms with Gasteiger partial charge in [-0.15, -0.1) is 11.8 Å². The monoisotopic (exact) mass is 313 g/mol. The Morgan fingerprint density at radius 1 is 1.10 bits per heavy atom. The van der Waals surface area contributed by atoms with Crippen molar-refractivity contribution in [3.05, 3.63) is 53.6 Å². The molecule has 0 radical (unpaired) electrons. The first-order valence-electron chi connectivity index (χ1n) is 6.12. The third-order valence-corrected chi connectivity index (χ3v) is 3.64. The van der Waals surface area contributed by atoms with Crippen LogP contribution in [0.2, 0.25) is 0 Å². The lowest BCUT2D eigenvalue weighted by Crippen LogP contribution is -2.11. The third kappa shape index (κ3) is 4.07. The van der Waals surface area contributed by atoms with Gasteiger partial charge in [0.1, 0.15) is 12.4 Å². The zero-order valence-electron chi connectivity index (χ0n) is 11.3. The lowest BCUT2D eigenvalue weighted by molar-refractivity contribution is -0.138. The first kappa shape index (κ1) is 15.6. The first-order valence-corrected chi connectivity index (χ1v) is 7.35.